The molecular formula is C39H45N9O12S2. The number of nitrogens with zero attached hydrogens (tertiary/aromatic N) is 6. The molecule has 3 heterocycles. The first-order chi connectivity index (χ1) is 29.1. The first-order valence-electron chi connectivity index (χ1n) is 19.1. The van der Waals surface area contributed by atoms with Crippen LogP contribution in [0.15, 0.2) is 77.4 Å². The van der Waals surface area contributed by atoms with Crippen LogP contribution in [0.2, 0.25) is 0 Å². The van der Waals surface area contributed by atoms with E-state index in [0.717, 1.165) is 16.0 Å². The smallest absolute Gasteiger partial charge is 0.413 e. The SMILES string of the molecule is CC(C)(C)OC(=O)NCc1cn(C[C@@H]2[C@H](NC(=O)/C(=N\OC3(C(=O)OC(c4ccccc4)c4ccccc4)CC3)c3csc(NC(=O)OC(C)(C)C)n3)C(=O)N2S(=O)(=O)O)nn1. The molecule has 0 radical (unpaired) electrons. The van der Waals surface area contributed by atoms with Crippen LogP contribution in [0.4, 0.5) is 14.7 Å². The molecule has 4 aromatic rings. The van der Waals surface area contributed by atoms with Gasteiger partial charge in [-0.05, 0) is 52.7 Å². The quantitative estimate of drug-likeness (QED) is 0.0329. The third kappa shape index (κ3) is 11.5. The topological polar surface area (TPSA) is 272 Å². The Morgan fingerprint density at radius 2 is 1.55 bits per heavy atom. The van der Waals surface area contributed by atoms with Crippen LogP contribution >= 0.6 is 11.3 Å². The second-order valence-corrected chi connectivity index (χ2v) is 18.4. The molecule has 0 unspecified atom stereocenters. The van der Waals surface area contributed by atoms with Crippen molar-refractivity contribution in [2.75, 3.05) is 5.32 Å². The van der Waals surface area contributed by atoms with Crippen LogP contribution in [0.3, 0.4) is 0 Å². The summed E-state index contributed by atoms with van der Waals surface area (Å²) in [6.45, 7) is 9.53. The zero-order valence-corrected chi connectivity index (χ0v) is 36.1. The van der Waals surface area contributed by atoms with Crippen molar-refractivity contribution >= 4 is 62.5 Å². The number of aromatic nitrogens is 4. The molecule has 1 saturated carbocycles. The molecule has 4 N–H and O–H groups in total. The van der Waals surface area contributed by atoms with Crippen LogP contribution in [0, 0.1) is 0 Å². The van der Waals surface area contributed by atoms with E-state index < -0.39 is 87.5 Å². The molecule has 0 spiro atoms. The van der Waals surface area contributed by atoms with Gasteiger partial charge in [-0.25, -0.2) is 28.4 Å². The van der Waals surface area contributed by atoms with Crippen molar-refractivity contribution in [2.24, 2.45) is 5.16 Å². The van der Waals surface area contributed by atoms with E-state index in [1.807, 2.05) is 12.1 Å². The molecule has 330 valence electrons. The number of amides is 4. The van der Waals surface area contributed by atoms with Gasteiger partial charge in [-0.2, -0.15) is 8.42 Å². The lowest BCUT2D eigenvalue weighted by atomic mass is 9.98. The highest BCUT2D eigenvalue weighted by molar-refractivity contribution is 7.84. The van der Waals surface area contributed by atoms with Crippen molar-refractivity contribution in [1.82, 2.24) is 34.9 Å². The van der Waals surface area contributed by atoms with Crippen LogP contribution in [-0.2, 0) is 56.8 Å². The molecule has 2 atom stereocenters. The molecule has 0 bridgehead atoms. The Bertz CT molecular complexity index is 2400. The minimum atomic E-state index is -5.13. The van der Waals surface area contributed by atoms with Gasteiger partial charge in [-0.3, -0.25) is 19.5 Å². The molecule has 6 rings (SSSR count). The third-order valence-corrected chi connectivity index (χ3v) is 10.6. The molecule has 2 fully saturated rings. The molecule has 4 amide bonds. The van der Waals surface area contributed by atoms with E-state index in [9.17, 15) is 36.9 Å². The highest BCUT2D eigenvalue weighted by Gasteiger charge is 2.57. The van der Waals surface area contributed by atoms with Crippen LogP contribution in [0.25, 0.3) is 0 Å². The summed E-state index contributed by atoms with van der Waals surface area (Å²) >= 11 is 0.893. The van der Waals surface area contributed by atoms with E-state index >= 15 is 0 Å². The summed E-state index contributed by atoms with van der Waals surface area (Å²) in [5.41, 5.74) is -2.32. The van der Waals surface area contributed by atoms with Gasteiger partial charge in [-0.1, -0.05) is 71.0 Å². The van der Waals surface area contributed by atoms with E-state index in [1.165, 1.54) is 11.6 Å². The van der Waals surface area contributed by atoms with Crippen molar-refractivity contribution in [2.45, 2.75) is 102 Å². The molecule has 21 nitrogen and oxygen atoms in total. The molecule has 2 aliphatic rings. The maximum Gasteiger partial charge on any atom is 0.413 e. The van der Waals surface area contributed by atoms with Gasteiger partial charge in [-0.15, -0.1) is 16.4 Å². The van der Waals surface area contributed by atoms with Gasteiger partial charge in [0.05, 0.1) is 25.3 Å². The fourth-order valence-corrected chi connectivity index (χ4v) is 7.49. The number of thiazole rings is 1. The van der Waals surface area contributed by atoms with E-state index in [4.69, 9.17) is 19.0 Å². The zero-order chi connectivity index (χ0) is 45.0. The maximum atomic E-state index is 14.1. The van der Waals surface area contributed by atoms with Gasteiger partial charge in [0, 0.05) is 18.2 Å². The average Bonchev–Trinajstić information content (AvgIpc) is 3.61. The number of ether oxygens (including phenoxy) is 3. The number of alkyl carbamates (subject to hydrolysis) is 1. The minimum absolute atomic E-state index is 0.0119. The number of benzene rings is 2. The van der Waals surface area contributed by atoms with Crippen LogP contribution < -0.4 is 16.0 Å². The van der Waals surface area contributed by atoms with Gasteiger partial charge < -0.3 is 29.7 Å². The summed E-state index contributed by atoms with van der Waals surface area (Å²) in [6.07, 6.45) is -0.684. The van der Waals surface area contributed by atoms with Gasteiger partial charge in [0.1, 0.15) is 28.6 Å². The Balaban J connectivity index is 1.24. The predicted octanol–water partition coefficient (Wildman–Crippen LogP) is 3.89. The standard InChI is InChI=1S/C39H45N9O12S2/c1-37(2,3)58-35(52)40-19-25-20-47(46-44-25)21-27-29(32(50)48(27)62(54,55)56)42-31(49)28(26-22-61-34(41-26)43-36(53)59-38(4,5)6)45-60-39(17-18-39)33(51)57-30(23-13-9-7-10-14-23)24-15-11-8-12-16-24/h7-16,20,22,27,29-30H,17-19,21H2,1-6H3,(H,40,52)(H,42,49)(H,41,43,53)(H,54,55,56)/b45-28-/t27-,29+/m1/s1. The Kier molecular flexibility index (Phi) is 13.0. The minimum Gasteiger partial charge on any atom is -0.450 e. The normalized spacial score (nSPS) is 17.4. The van der Waals surface area contributed by atoms with Crippen LogP contribution in [0.1, 0.15) is 83.0 Å². The number of carbonyl (C=O) groups excluding carboxylic acids is 5. The molecule has 1 aliphatic carbocycles. The molecule has 1 aliphatic heterocycles. The van der Waals surface area contributed by atoms with Gasteiger partial charge >= 0.3 is 28.5 Å². The lowest BCUT2D eigenvalue weighted by Gasteiger charge is -2.43. The molecule has 1 saturated heterocycles. The molecule has 2 aromatic carbocycles. The second-order valence-electron chi connectivity index (χ2n) is 16.2. The lowest BCUT2D eigenvalue weighted by Crippen LogP contribution is -2.73. The Hall–Kier alpha value is -6.46. The van der Waals surface area contributed by atoms with E-state index in [1.54, 1.807) is 90.1 Å². The average molecular weight is 896 g/mol. The number of hydrogen-bond acceptors (Lipinski definition) is 16. The number of carbonyl (C=O) groups is 5. The predicted molar refractivity (Wildman–Crippen MR) is 220 cm³/mol. The summed E-state index contributed by atoms with van der Waals surface area (Å²) in [4.78, 5) is 75.9. The summed E-state index contributed by atoms with van der Waals surface area (Å²) in [7, 11) is -5.13. The van der Waals surface area contributed by atoms with Crippen molar-refractivity contribution in [3.05, 3.63) is 94.8 Å². The van der Waals surface area contributed by atoms with E-state index in [2.05, 4.69) is 36.4 Å². The third-order valence-electron chi connectivity index (χ3n) is 8.86. The maximum absolute atomic E-state index is 14.1. The number of hydrogen-bond donors (Lipinski definition) is 4. The van der Waals surface area contributed by atoms with E-state index in [0.29, 0.717) is 11.1 Å². The van der Waals surface area contributed by atoms with Gasteiger partial charge in [0.15, 0.2) is 16.9 Å². The van der Waals surface area contributed by atoms with E-state index in [-0.39, 0.29) is 40.2 Å². The fraction of sp³-hybridized carbons (Fsp3) is 0.410. The van der Waals surface area contributed by atoms with Crippen LogP contribution in [0.5, 0.6) is 0 Å². The Labute approximate surface area is 360 Å². The molecule has 23 heteroatoms. The number of anilines is 1. The van der Waals surface area contributed by atoms with Gasteiger partial charge in [0.2, 0.25) is 5.60 Å². The first-order valence-corrected chi connectivity index (χ1v) is 21.4. The Morgan fingerprint density at radius 1 is 0.952 bits per heavy atom. The summed E-state index contributed by atoms with van der Waals surface area (Å²) in [5.74, 6) is -3.07. The first kappa shape index (κ1) is 45.1. The molecule has 2 aromatic heterocycles. The number of oxime groups is 1. The van der Waals surface area contributed by atoms with Crippen molar-refractivity contribution in [3.63, 3.8) is 0 Å². The largest absolute Gasteiger partial charge is 0.450 e. The van der Waals surface area contributed by atoms with Crippen molar-refractivity contribution < 1.29 is 56.0 Å². The summed E-state index contributed by atoms with van der Waals surface area (Å²) < 4.78 is 52.4. The number of rotatable bonds is 15. The molecule has 62 heavy (non-hydrogen) atoms. The monoisotopic (exact) mass is 895 g/mol. The van der Waals surface area contributed by atoms with Crippen LogP contribution in [-0.4, -0.2) is 102 Å². The van der Waals surface area contributed by atoms with Crippen molar-refractivity contribution in [3.8, 4) is 0 Å². The summed E-state index contributed by atoms with van der Waals surface area (Å²) in [6, 6.07) is 15.1. The van der Waals surface area contributed by atoms with Crippen molar-refractivity contribution in [1.29, 1.82) is 0 Å². The fourth-order valence-electron chi connectivity index (χ4n) is 5.94. The number of esters is 1. The number of nitrogens with one attached hydrogen (secondary N) is 3. The van der Waals surface area contributed by atoms with Gasteiger partial charge in [0.25, 0.3) is 11.8 Å². The highest BCUT2D eigenvalue weighted by Crippen LogP contribution is 2.43. The highest BCUT2D eigenvalue weighted by atomic mass is 32.2. The summed E-state index contributed by atoms with van der Waals surface area (Å²) in [5, 5.41) is 20.7. The number of β-lactam (4-membered cyclic amide) rings is 1. The second kappa shape index (κ2) is 17.9. The zero-order valence-electron chi connectivity index (χ0n) is 34.4. The lowest BCUT2D eigenvalue weighted by molar-refractivity contribution is -0.164. The Morgan fingerprint density at radius 3 is 2.11 bits per heavy atom. The molecular weight excluding hydrogens is 851 g/mol.